The van der Waals surface area contributed by atoms with E-state index in [1.54, 1.807) is 44.2 Å². The second kappa shape index (κ2) is 11.3. The number of nitrogens with zero attached hydrogens (tertiary/aromatic N) is 3. The van der Waals surface area contributed by atoms with E-state index >= 15 is 0 Å². The number of ether oxygens (including phenoxy) is 3. The number of pyridine rings is 2. The van der Waals surface area contributed by atoms with Crippen molar-refractivity contribution >= 4 is 28.4 Å². The van der Waals surface area contributed by atoms with Gasteiger partial charge in [-0.05, 0) is 53.6 Å². The number of nitrogens with one attached hydrogen (secondary N) is 1. The topological polar surface area (TPSA) is 121 Å². The number of rotatable bonds is 9. The van der Waals surface area contributed by atoms with Gasteiger partial charge in [-0.2, -0.15) is 0 Å². The molecule has 0 saturated heterocycles. The molecule has 10 nitrogen and oxygen atoms in total. The number of carbonyl (C=O) groups is 1. The lowest BCUT2D eigenvalue weighted by molar-refractivity contribution is -0.658. The third-order valence-electron chi connectivity index (χ3n) is 6.79. The Morgan fingerprint density at radius 3 is 2.42 bits per heavy atom. The Bertz CT molecular complexity index is 1770. The van der Waals surface area contributed by atoms with Gasteiger partial charge in [0.05, 0.1) is 27.9 Å². The number of nitrogens with two attached hydrogens (primary N) is 1. The third-order valence-corrected chi connectivity index (χ3v) is 6.79. The minimum absolute atomic E-state index is 0.197. The summed E-state index contributed by atoms with van der Waals surface area (Å²) >= 11 is 0. The number of aromatic nitrogens is 3. The zero-order valence-electron chi connectivity index (χ0n) is 22.5. The van der Waals surface area contributed by atoms with Gasteiger partial charge in [0.1, 0.15) is 16.7 Å². The van der Waals surface area contributed by atoms with Crippen LogP contribution in [0.2, 0.25) is 0 Å². The molecule has 3 heterocycles. The van der Waals surface area contributed by atoms with Crippen LogP contribution in [0.3, 0.4) is 0 Å². The summed E-state index contributed by atoms with van der Waals surface area (Å²) in [6, 6.07) is 19.9. The number of methoxy groups -OCH3 is 3. The van der Waals surface area contributed by atoms with Crippen LogP contribution in [0, 0.1) is 0 Å². The summed E-state index contributed by atoms with van der Waals surface area (Å²) in [5, 5.41) is 3.20. The van der Waals surface area contributed by atoms with Gasteiger partial charge in [0.15, 0.2) is 11.5 Å². The fourth-order valence-corrected chi connectivity index (χ4v) is 4.61. The number of benzene rings is 2. The van der Waals surface area contributed by atoms with Crippen molar-refractivity contribution in [2.75, 3.05) is 27.1 Å². The maximum Gasteiger partial charge on any atom is 0.278 e. The number of amides is 1. The smallest absolute Gasteiger partial charge is 0.278 e. The zero-order chi connectivity index (χ0) is 28.2. The van der Waals surface area contributed by atoms with E-state index < -0.39 is 5.91 Å². The molecule has 1 amide bonds. The first-order chi connectivity index (χ1) is 19.4. The van der Waals surface area contributed by atoms with Gasteiger partial charge >= 0.3 is 0 Å². The summed E-state index contributed by atoms with van der Waals surface area (Å²) in [7, 11) is 4.76. The number of hydrogen-bond donors (Lipinski definition) is 2. The number of anilines is 1. The summed E-state index contributed by atoms with van der Waals surface area (Å²) in [6.07, 6.45) is 2.19. The van der Waals surface area contributed by atoms with Crippen molar-refractivity contribution in [3.8, 4) is 17.2 Å². The maximum atomic E-state index is 13.5. The van der Waals surface area contributed by atoms with E-state index in [4.69, 9.17) is 24.9 Å². The molecule has 0 spiro atoms. The van der Waals surface area contributed by atoms with Gasteiger partial charge < -0.3 is 25.3 Å². The van der Waals surface area contributed by atoms with Crippen molar-refractivity contribution in [3.63, 3.8) is 0 Å². The monoisotopic (exact) mass is 540 g/mol. The molecule has 5 rings (SSSR count). The Labute approximate surface area is 230 Å². The average Bonchev–Trinajstić information content (AvgIpc) is 2.99. The molecule has 5 aromatic rings. The molecule has 3 aromatic heterocycles. The third kappa shape index (κ3) is 5.11. The van der Waals surface area contributed by atoms with E-state index in [1.165, 1.54) is 10.5 Å². The van der Waals surface area contributed by atoms with Crippen LogP contribution in [-0.2, 0) is 19.5 Å². The van der Waals surface area contributed by atoms with Gasteiger partial charge in [-0.25, -0.2) is 4.57 Å². The summed E-state index contributed by atoms with van der Waals surface area (Å²) in [4.78, 5) is 31.6. The van der Waals surface area contributed by atoms with Crippen molar-refractivity contribution in [1.82, 2.24) is 14.7 Å². The van der Waals surface area contributed by atoms with E-state index in [9.17, 15) is 9.59 Å². The first kappa shape index (κ1) is 26.5. The molecule has 2 aromatic carbocycles. The van der Waals surface area contributed by atoms with Gasteiger partial charge in [0.25, 0.3) is 17.1 Å². The van der Waals surface area contributed by atoms with E-state index in [0.29, 0.717) is 41.1 Å². The first-order valence-electron chi connectivity index (χ1n) is 12.7. The Balaban J connectivity index is 1.54. The van der Waals surface area contributed by atoms with Crippen LogP contribution >= 0.6 is 0 Å². The number of nitrogen functional groups attached to an aromatic ring is 1. The van der Waals surface area contributed by atoms with Gasteiger partial charge in [0, 0.05) is 19.2 Å². The lowest BCUT2D eigenvalue weighted by Gasteiger charge is -2.13. The lowest BCUT2D eigenvalue weighted by Crippen LogP contribution is -2.43. The van der Waals surface area contributed by atoms with Crippen LogP contribution in [0.1, 0.15) is 21.5 Å². The SMILES string of the molecule is COc1ccc(CNC(=O)c2cc3c(=O)n4ccccc4nc3[n+](CCc3ccc(OC)c(OC)c3)c2N)cc1. The number of hydrogen-bond acceptors (Lipinski definition) is 7. The van der Waals surface area contributed by atoms with E-state index in [2.05, 4.69) is 5.32 Å². The summed E-state index contributed by atoms with van der Waals surface area (Å²) in [5.41, 5.74) is 9.26. The van der Waals surface area contributed by atoms with Gasteiger partial charge in [-0.3, -0.25) is 14.0 Å². The molecule has 0 atom stereocenters. The maximum absolute atomic E-state index is 13.5. The molecular weight excluding hydrogens is 510 g/mol. The van der Waals surface area contributed by atoms with Crippen molar-refractivity contribution in [1.29, 1.82) is 0 Å². The molecule has 0 aliphatic rings. The van der Waals surface area contributed by atoms with Crippen LogP contribution in [0.5, 0.6) is 17.2 Å². The molecule has 0 unspecified atom stereocenters. The van der Waals surface area contributed by atoms with Gasteiger partial charge in [-0.15, -0.1) is 0 Å². The summed E-state index contributed by atoms with van der Waals surface area (Å²) in [5.74, 6) is 1.78. The predicted molar refractivity (Wildman–Crippen MR) is 151 cm³/mol. The number of fused-ring (bicyclic) bond motifs is 2. The van der Waals surface area contributed by atoms with Crippen molar-refractivity contribution in [3.05, 3.63) is 100.0 Å². The molecule has 0 bridgehead atoms. The van der Waals surface area contributed by atoms with Crippen molar-refractivity contribution in [2.24, 2.45) is 0 Å². The summed E-state index contributed by atoms with van der Waals surface area (Å²) in [6.45, 7) is 0.647. The molecule has 10 heteroatoms. The zero-order valence-corrected chi connectivity index (χ0v) is 22.5. The van der Waals surface area contributed by atoms with E-state index in [1.807, 2.05) is 48.5 Å². The largest absolute Gasteiger partial charge is 0.497 e. The molecule has 0 saturated carbocycles. The van der Waals surface area contributed by atoms with E-state index in [0.717, 1.165) is 16.9 Å². The Morgan fingerprint density at radius 1 is 0.950 bits per heavy atom. The van der Waals surface area contributed by atoms with Crippen LogP contribution < -0.4 is 35.4 Å². The fourth-order valence-electron chi connectivity index (χ4n) is 4.61. The second-order valence-electron chi connectivity index (χ2n) is 9.15. The van der Waals surface area contributed by atoms with Gasteiger partial charge in [-0.1, -0.05) is 29.2 Å². The minimum atomic E-state index is -0.396. The standard InChI is InChI=1S/C30H29N5O5/c1-38-21-10-7-20(8-11-21)18-32-29(36)22-17-23-28(33-26-6-4-5-14-34(26)30(23)37)35(27(22)31)15-13-19-9-12-24(39-2)25(16-19)40-3/h4-12,14,16-17,31H,13,15,18H2,1-3H3,(H,32,36)/p+1. The highest BCUT2D eigenvalue weighted by Gasteiger charge is 2.24. The minimum Gasteiger partial charge on any atom is -0.497 e. The van der Waals surface area contributed by atoms with Crippen LogP contribution in [0.25, 0.3) is 16.7 Å². The van der Waals surface area contributed by atoms with E-state index in [-0.39, 0.29) is 23.5 Å². The predicted octanol–water partition coefficient (Wildman–Crippen LogP) is 2.92. The first-order valence-corrected chi connectivity index (χ1v) is 12.7. The molecule has 0 fully saturated rings. The van der Waals surface area contributed by atoms with Crippen LogP contribution in [0.15, 0.2) is 77.7 Å². The normalized spacial score (nSPS) is 11.0. The Kier molecular flexibility index (Phi) is 7.50. The van der Waals surface area contributed by atoms with Gasteiger partial charge in [0.2, 0.25) is 11.5 Å². The molecule has 0 aliphatic carbocycles. The van der Waals surface area contributed by atoms with Crippen LogP contribution in [0.4, 0.5) is 5.82 Å². The lowest BCUT2D eigenvalue weighted by atomic mass is 10.1. The highest BCUT2D eigenvalue weighted by molar-refractivity contribution is 6.00. The molecule has 3 N–H and O–H groups in total. The molecule has 40 heavy (non-hydrogen) atoms. The molecular formula is C30H30N5O5+. The summed E-state index contributed by atoms with van der Waals surface area (Å²) < 4.78 is 19.2. The highest BCUT2D eigenvalue weighted by Crippen LogP contribution is 2.28. The molecule has 204 valence electrons. The second-order valence-corrected chi connectivity index (χ2v) is 9.15. The van der Waals surface area contributed by atoms with Crippen molar-refractivity contribution in [2.45, 2.75) is 19.5 Å². The van der Waals surface area contributed by atoms with Crippen molar-refractivity contribution < 1.29 is 23.6 Å². The average molecular weight is 541 g/mol. The quantitative estimate of drug-likeness (QED) is 0.218. The highest BCUT2D eigenvalue weighted by atomic mass is 16.5. The molecule has 0 aliphatic heterocycles. The number of aryl methyl sites for hydroxylation is 2. The molecule has 0 radical (unpaired) electrons. The Morgan fingerprint density at radius 2 is 1.70 bits per heavy atom. The number of carbonyl (C=O) groups excluding carboxylic acids is 1. The van der Waals surface area contributed by atoms with Crippen LogP contribution in [-0.4, -0.2) is 36.6 Å². The Hall–Kier alpha value is -5.12. The fraction of sp³-hybridized carbons (Fsp3) is 0.200.